The van der Waals surface area contributed by atoms with E-state index in [0.717, 1.165) is 50.3 Å². The molecule has 0 radical (unpaired) electrons. The van der Waals surface area contributed by atoms with Crippen molar-refractivity contribution in [1.29, 1.82) is 5.26 Å². The highest BCUT2D eigenvalue weighted by molar-refractivity contribution is 5.85. The van der Waals surface area contributed by atoms with E-state index < -0.39 is 29.6 Å². The summed E-state index contributed by atoms with van der Waals surface area (Å²) < 4.78 is 54.2. The van der Waals surface area contributed by atoms with E-state index in [-0.39, 0.29) is 30.7 Å². The SMILES string of the molecule is CN1CC(C(=O)N[C@H](C#N)Cc2ccc(-c3ccc4c(c3)C3(CCN(C5COC5)CC3)OC4)cc2F)(C(F)F)C1. The lowest BCUT2D eigenvalue weighted by Crippen LogP contribution is -2.66. The van der Waals surface area contributed by atoms with Gasteiger partial charge in [0.05, 0.1) is 37.5 Å². The number of nitrogens with one attached hydrogen (secondary N) is 1. The number of amides is 1. The summed E-state index contributed by atoms with van der Waals surface area (Å²) in [5.41, 5.74) is 1.98. The first-order valence-electron chi connectivity index (χ1n) is 13.8. The van der Waals surface area contributed by atoms with Crippen LogP contribution in [0.3, 0.4) is 0 Å². The molecule has 3 fully saturated rings. The number of hydrogen-bond donors (Lipinski definition) is 1. The van der Waals surface area contributed by atoms with Gasteiger partial charge in [-0.05, 0) is 59.8 Å². The van der Waals surface area contributed by atoms with Crippen LogP contribution in [0.4, 0.5) is 13.2 Å². The monoisotopic (exact) mass is 554 g/mol. The van der Waals surface area contributed by atoms with E-state index in [1.54, 1.807) is 24.1 Å². The summed E-state index contributed by atoms with van der Waals surface area (Å²) in [7, 11) is 1.65. The zero-order valence-electron chi connectivity index (χ0n) is 22.5. The van der Waals surface area contributed by atoms with Crippen LogP contribution in [-0.2, 0) is 32.9 Å². The van der Waals surface area contributed by atoms with Gasteiger partial charge < -0.3 is 19.7 Å². The highest BCUT2D eigenvalue weighted by atomic mass is 19.3. The molecule has 1 atom stereocenters. The third kappa shape index (κ3) is 4.69. The molecule has 2 aromatic carbocycles. The molecule has 1 amide bonds. The molecular formula is C30H33F3N4O3. The van der Waals surface area contributed by atoms with Crippen LogP contribution in [0, 0.1) is 22.6 Å². The number of nitriles is 1. The first kappa shape index (κ1) is 27.2. The molecule has 40 heavy (non-hydrogen) atoms. The number of likely N-dealkylation sites (tertiary alicyclic amines) is 2. The van der Waals surface area contributed by atoms with Gasteiger partial charge in [-0.3, -0.25) is 9.69 Å². The number of rotatable bonds is 7. The predicted molar refractivity (Wildman–Crippen MR) is 141 cm³/mol. The molecule has 0 aromatic heterocycles. The second-order valence-electron chi connectivity index (χ2n) is 11.7. The quantitative estimate of drug-likeness (QED) is 0.565. The van der Waals surface area contributed by atoms with E-state index in [0.29, 0.717) is 18.2 Å². The van der Waals surface area contributed by atoms with Gasteiger partial charge in [-0.25, -0.2) is 13.2 Å². The van der Waals surface area contributed by atoms with Crippen LogP contribution in [-0.4, -0.2) is 80.7 Å². The molecule has 7 nitrogen and oxygen atoms in total. The van der Waals surface area contributed by atoms with Crippen LogP contribution in [0.15, 0.2) is 36.4 Å². The summed E-state index contributed by atoms with van der Waals surface area (Å²) in [6.45, 7) is 3.90. The zero-order valence-corrected chi connectivity index (χ0v) is 22.5. The molecule has 4 aliphatic rings. The molecule has 10 heteroatoms. The molecular weight excluding hydrogens is 521 g/mol. The molecule has 2 aromatic rings. The van der Waals surface area contributed by atoms with Gasteiger partial charge >= 0.3 is 0 Å². The van der Waals surface area contributed by atoms with Crippen LogP contribution in [0.1, 0.15) is 29.5 Å². The second-order valence-corrected chi connectivity index (χ2v) is 11.7. The van der Waals surface area contributed by atoms with Gasteiger partial charge in [-0.15, -0.1) is 0 Å². The summed E-state index contributed by atoms with van der Waals surface area (Å²) in [4.78, 5) is 16.7. The van der Waals surface area contributed by atoms with Gasteiger partial charge in [0.15, 0.2) is 0 Å². The second kappa shape index (κ2) is 10.5. The molecule has 0 aliphatic carbocycles. The Balaban J connectivity index is 1.15. The summed E-state index contributed by atoms with van der Waals surface area (Å²) >= 11 is 0. The topological polar surface area (TPSA) is 77.8 Å². The van der Waals surface area contributed by atoms with Crippen LogP contribution in [0.25, 0.3) is 11.1 Å². The van der Waals surface area contributed by atoms with Crippen LogP contribution in [0.2, 0.25) is 0 Å². The van der Waals surface area contributed by atoms with Gasteiger partial charge in [-0.2, -0.15) is 5.26 Å². The van der Waals surface area contributed by atoms with Crippen molar-refractivity contribution in [2.24, 2.45) is 5.41 Å². The molecule has 1 N–H and O–H groups in total. The first-order valence-corrected chi connectivity index (χ1v) is 13.8. The Labute approximate surface area is 231 Å². The average Bonchev–Trinajstić information content (AvgIpc) is 3.24. The van der Waals surface area contributed by atoms with Gasteiger partial charge in [0.2, 0.25) is 5.91 Å². The highest BCUT2D eigenvalue weighted by Gasteiger charge is 2.55. The van der Waals surface area contributed by atoms with Gasteiger partial charge in [-0.1, -0.05) is 24.3 Å². The maximum atomic E-state index is 15.3. The highest BCUT2D eigenvalue weighted by Crippen LogP contribution is 2.46. The lowest BCUT2D eigenvalue weighted by atomic mass is 9.79. The fraction of sp³-hybridized carbons (Fsp3) is 0.533. The van der Waals surface area contributed by atoms with Crippen molar-refractivity contribution in [2.75, 3.05) is 46.4 Å². The molecule has 0 unspecified atom stereocenters. The minimum atomic E-state index is -2.85. The Kier molecular flexibility index (Phi) is 7.11. The molecule has 6 rings (SSSR count). The van der Waals surface area contributed by atoms with Gasteiger partial charge in [0.1, 0.15) is 17.3 Å². The Bertz CT molecular complexity index is 1330. The fourth-order valence-corrected chi connectivity index (χ4v) is 6.54. The Morgan fingerprint density at radius 2 is 1.85 bits per heavy atom. The first-order chi connectivity index (χ1) is 19.2. The Hall–Kier alpha value is -2.97. The number of carbonyl (C=O) groups is 1. The average molecular weight is 555 g/mol. The maximum Gasteiger partial charge on any atom is 0.255 e. The van der Waals surface area contributed by atoms with Crippen molar-refractivity contribution in [3.05, 3.63) is 58.9 Å². The lowest BCUT2D eigenvalue weighted by Gasteiger charge is -2.46. The zero-order chi connectivity index (χ0) is 28.1. The number of fused-ring (bicyclic) bond motifs is 2. The number of nitrogens with zero attached hydrogens (tertiary/aromatic N) is 3. The number of benzene rings is 2. The number of carbonyl (C=O) groups excluding carboxylic acids is 1. The standard InChI is InChI=1S/C30H33F3N4O3/c1-36-17-29(18-36,27(32)33)28(38)35-23(13-34)10-21-4-2-20(12-26(21)31)19-3-5-22-14-40-30(25(22)11-19)6-8-37(9-7-30)24-15-39-16-24/h2-5,11-12,23-24,27H,6-10,14-18H2,1H3,(H,35,38)/t23-/m0/s1. The summed E-state index contributed by atoms with van der Waals surface area (Å²) in [6, 6.07) is 12.2. The van der Waals surface area contributed by atoms with E-state index >= 15 is 4.39 Å². The third-order valence-corrected chi connectivity index (χ3v) is 9.09. The molecule has 3 saturated heterocycles. The summed E-state index contributed by atoms with van der Waals surface area (Å²) in [6.07, 6.45) is -1.16. The lowest BCUT2D eigenvalue weighted by molar-refractivity contribution is -0.159. The van der Waals surface area contributed by atoms with E-state index in [1.807, 2.05) is 12.1 Å². The Morgan fingerprint density at radius 3 is 2.45 bits per heavy atom. The van der Waals surface area contributed by atoms with Crippen LogP contribution < -0.4 is 5.32 Å². The summed E-state index contributed by atoms with van der Waals surface area (Å²) in [5.74, 6) is -1.38. The molecule has 212 valence electrons. The van der Waals surface area contributed by atoms with Crippen LogP contribution in [0.5, 0.6) is 0 Å². The number of hydrogen-bond acceptors (Lipinski definition) is 6. The number of halogens is 3. The number of ether oxygens (including phenoxy) is 2. The van der Waals surface area contributed by atoms with Crippen molar-refractivity contribution < 1.29 is 27.4 Å². The van der Waals surface area contributed by atoms with Crippen molar-refractivity contribution in [2.45, 2.75) is 50.0 Å². The largest absolute Gasteiger partial charge is 0.378 e. The third-order valence-electron chi connectivity index (χ3n) is 9.09. The van der Waals surface area contributed by atoms with E-state index in [9.17, 15) is 18.8 Å². The maximum absolute atomic E-state index is 15.3. The van der Waals surface area contributed by atoms with Crippen molar-refractivity contribution in [1.82, 2.24) is 15.1 Å². The molecule has 4 aliphatic heterocycles. The fourth-order valence-electron chi connectivity index (χ4n) is 6.54. The Morgan fingerprint density at radius 1 is 1.15 bits per heavy atom. The number of piperidine rings is 1. The van der Waals surface area contributed by atoms with E-state index in [1.165, 1.54) is 11.6 Å². The van der Waals surface area contributed by atoms with E-state index in [4.69, 9.17) is 9.47 Å². The molecule has 4 heterocycles. The summed E-state index contributed by atoms with van der Waals surface area (Å²) in [5, 5.41) is 12.0. The molecule has 0 bridgehead atoms. The minimum Gasteiger partial charge on any atom is -0.378 e. The van der Waals surface area contributed by atoms with Gasteiger partial charge in [0.25, 0.3) is 6.43 Å². The van der Waals surface area contributed by atoms with Crippen molar-refractivity contribution in [3.8, 4) is 17.2 Å². The number of alkyl halides is 2. The van der Waals surface area contributed by atoms with E-state index in [2.05, 4.69) is 22.3 Å². The smallest absolute Gasteiger partial charge is 0.255 e. The normalized spacial score (nSPS) is 22.8. The van der Waals surface area contributed by atoms with Crippen molar-refractivity contribution in [3.63, 3.8) is 0 Å². The van der Waals surface area contributed by atoms with Gasteiger partial charge in [0, 0.05) is 32.6 Å². The predicted octanol–water partition coefficient (Wildman–Crippen LogP) is 3.46. The molecule has 1 spiro atoms. The molecule has 0 saturated carbocycles. The van der Waals surface area contributed by atoms with Crippen molar-refractivity contribution >= 4 is 5.91 Å². The minimum absolute atomic E-state index is 0.0848. The van der Waals surface area contributed by atoms with Crippen LogP contribution >= 0.6 is 0 Å².